The van der Waals surface area contributed by atoms with E-state index in [1.54, 1.807) is 6.20 Å². The molecule has 6 nitrogen and oxygen atoms in total. The minimum atomic E-state index is -4.29. The van der Waals surface area contributed by atoms with E-state index in [1.807, 2.05) is 70.2 Å². The van der Waals surface area contributed by atoms with Gasteiger partial charge < -0.3 is 9.64 Å². The van der Waals surface area contributed by atoms with Crippen LogP contribution in [-0.4, -0.2) is 77.6 Å². The van der Waals surface area contributed by atoms with Gasteiger partial charge in [-0.05, 0) is 30.7 Å². The second kappa shape index (κ2) is 10.8. The standard InChI is InChI=1S/C25H27F3N4O2/c26-25(27,28)19-34-17-5-12-30-13-15-31(16-14-30)24(33)21-8-4-9-22(18-21)32-23(10-11-29-32)20-6-2-1-3-7-20/h1-4,6-11,18H,5,12-17,19H2. The first-order chi connectivity index (χ1) is 16.4. The molecule has 0 radical (unpaired) electrons. The summed E-state index contributed by atoms with van der Waals surface area (Å²) in [4.78, 5) is 17.1. The summed E-state index contributed by atoms with van der Waals surface area (Å²) >= 11 is 0. The van der Waals surface area contributed by atoms with Gasteiger partial charge in [0.15, 0.2) is 0 Å². The van der Waals surface area contributed by atoms with Crippen LogP contribution >= 0.6 is 0 Å². The Kier molecular flexibility index (Phi) is 7.64. The smallest absolute Gasteiger partial charge is 0.372 e. The van der Waals surface area contributed by atoms with E-state index in [0.717, 1.165) is 16.9 Å². The van der Waals surface area contributed by atoms with E-state index in [-0.39, 0.29) is 12.5 Å². The molecule has 0 bridgehead atoms. The highest BCUT2D eigenvalue weighted by Crippen LogP contribution is 2.23. The van der Waals surface area contributed by atoms with E-state index in [0.29, 0.717) is 44.7 Å². The number of carbonyl (C=O) groups is 1. The molecule has 0 unspecified atom stereocenters. The third kappa shape index (κ3) is 6.24. The predicted molar refractivity (Wildman–Crippen MR) is 123 cm³/mol. The van der Waals surface area contributed by atoms with Crippen LogP contribution < -0.4 is 0 Å². The molecule has 0 saturated carbocycles. The lowest BCUT2D eigenvalue weighted by atomic mass is 10.1. The van der Waals surface area contributed by atoms with Gasteiger partial charge >= 0.3 is 6.18 Å². The van der Waals surface area contributed by atoms with Crippen LogP contribution in [0.15, 0.2) is 66.9 Å². The molecule has 1 aliphatic heterocycles. The van der Waals surface area contributed by atoms with Crippen molar-refractivity contribution in [3.63, 3.8) is 0 Å². The number of rotatable bonds is 8. The van der Waals surface area contributed by atoms with Gasteiger partial charge in [-0.25, -0.2) is 4.68 Å². The summed E-state index contributed by atoms with van der Waals surface area (Å²) in [6.45, 7) is 2.03. The van der Waals surface area contributed by atoms with Gasteiger partial charge in [0.1, 0.15) is 6.61 Å². The van der Waals surface area contributed by atoms with Crippen LogP contribution in [0.5, 0.6) is 0 Å². The van der Waals surface area contributed by atoms with E-state index in [2.05, 4.69) is 14.7 Å². The summed E-state index contributed by atoms with van der Waals surface area (Å²) in [6.07, 6.45) is -2.02. The minimum absolute atomic E-state index is 0.0385. The van der Waals surface area contributed by atoms with Gasteiger partial charge in [0.25, 0.3) is 5.91 Å². The molecule has 1 saturated heterocycles. The summed E-state index contributed by atoms with van der Waals surface area (Å²) in [6, 6.07) is 19.3. The fraction of sp³-hybridized carbons (Fsp3) is 0.360. The average Bonchev–Trinajstić information content (AvgIpc) is 3.34. The number of benzene rings is 2. The second-order valence-electron chi connectivity index (χ2n) is 8.20. The Morgan fingerprint density at radius 1 is 0.971 bits per heavy atom. The molecule has 1 aromatic heterocycles. The molecule has 9 heteroatoms. The van der Waals surface area contributed by atoms with Gasteiger partial charge in [-0.3, -0.25) is 9.69 Å². The highest BCUT2D eigenvalue weighted by molar-refractivity contribution is 5.95. The highest BCUT2D eigenvalue weighted by atomic mass is 19.4. The molecular formula is C25H27F3N4O2. The maximum absolute atomic E-state index is 13.1. The Hall–Kier alpha value is -3.17. The number of ether oxygens (including phenoxy) is 1. The third-order valence-electron chi connectivity index (χ3n) is 5.74. The molecule has 34 heavy (non-hydrogen) atoms. The van der Waals surface area contributed by atoms with E-state index in [1.165, 1.54) is 0 Å². The van der Waals surface area contributed by atoms with Crippen LogP contribution in [0, 0.1) is 0 Å². The SMILES string of the molecule is O=C(c1cccc(-n2nccc2-c2ccccc2)c1)N1CCN(CCCOCC(F)(F)F)CC1. The van der Waals surface area contributed by atoms with Gasteiger partial charge in [0.2, 0.25) is 0 Å². The van der Waals surface area contributed by atoms with Crippen molar-refractivity contribution in [3.05, 3.63) is 72.4 Å². The zero-order chi connectivity index (χ0) is 24.0. The van der Waals surface area contributed by atoms with Gasteiger partial charge in [0.05, 0.1) is 17.6 Å². The van der Waals surface area contributed by atoms with Crippen molar-refractivity contribution < 1.29 is 22.7 Å². The van der Waals surface area contributed by atoms with Crippen LogP contribution in [-0.2, 0) is 4.74 Å². The van der Waals surface area contributed by atoms with Crippen LogP contribution in [0.25, 0.3) is 16.9 Å². The fourth-order valence-corrected chi connectivity index (χ4v) is 4.04. The molecule has 1 fully saturated rings. The summed E-state index contributed by atoms with van der Waals surface area (Å²) < 4.78 is 42.8. The van der Waals surface area contributed by atoms with Crippen molar-refractivity contribution in [1.29, 1.82) is 0 Å². The number of hydrogen-bond acceptors (Lipinski definition) is 4. The Bertz CT molecular complexity index is 1080. The fourth-order valence-electron chi connectivity index (χ4n) is 4.04. The molecular weight excluding hydrogens is 445 g/mol. The second-order valence-corrected chi connectivity index (χ2v) is 8.20. The average molecular weight is 473 g/mol. The maximum atomic E-state index is 13.1. The number of amides is 1. The predicted octanol–water partition coefficient (Wildman–Crippen LogP) is 4.27. The molecule has 180 valence electrons. The number of nitrogens with zero attached hydrogens (tertiary/aromatic N) is 4. The first-order valence-corrected chi connectivity index (χ1v) is 11.3. The maximum Gasteiger partial charge on any atom is 0.411 e. The van der Waals surface area contributed by atoms with Crippen LogP contribution in [0.1, 0.15) is 16.8 Å². The number of alkyl halides is 3. The molecule has 0 N–H and O–H groups in total. The summed E-state index contributed by atoms with van der Waals surface area (Å²) in [5.74, 6) is -0.0385. The Morgan fingerprint density at radius 3 is 2.47 bits per heavy atom. The number of carbonyl (C=O) groups excluding carboxylic acids is 1. The van der Waals surface area contributed by atoms with Gasteiger partial charge in [0, 0.05) is 50.5 Å². The molecule has 0 spiro atoms. The van der Waals surface area contributed by atoms with Crippen molar-refractivity contribution in [1.82, 2.24) is 19.6 Å². The van der Waals surface area contributed by atoms with Crippen molar-refractivity contribution >= 4 is 5.91 Å². The minimum Gasteiger partial charge on any atom is -0.372 e. The monoisotopic (exact) mass is 472 g/mol. The molecule has 4 rings (SSSR count). The van der Waals surface area contributed by atoms with Crippen molar-refractivity contribution in [2.75, 3.05) is 45.9 Å². The number of hydrogen-bond donors (Lipinski definition) is 0. The molecule has 3 aromatic rings. The normalized spacial score (nSPS) is 15.0. The first kappa shape index (κ1) is 24.0. The highest BCUT2D eigenvalue weighted by Gasteiger charge is 2.27. The largest absolute Gasteiger partial charge is 0.411 e. The molecule has 0 aliphatic carbocycles. The molecule has 1 amide bonds. The van der Waals surface area contributed by atoms with E-state index < -0.39 is 12.8 Å². The first-order valence-electron chi connectivity index (χ1n) is 11.3. The van der Waals surface area contributed by atoms with Crippen LogP contribution in [0.4, 0.5) is 13.2 Å². The summed E-state index contributed by atoms with van der Waals surface area (Å²) in [7, 11) is 0. The topological polar surface area (TPSA) is 50.6 Å². The lowest BCUT2D eigenvalue weighted by Gasteiger charge is -2.34. The lowest BCUT2D eigenvalue weighted by Crippen LogP contribution is -2.49. The Labute approximate surface area is 196 Å². The van der Waals surface area contributed by atoms with Crippen molar-refractivity contribution in [2.45, 2.75) is 12.6 Å². The number of aromatic nitrogens is 2. The number of piperazine rings is 1. The number of halogens is 3. The van der Waals surface area contributed by atoms with Gasteiger partial charge in [-0.1, -0.05) is 36.4 Å². The van der Waals surface area contributed by atoms with Crippen molar-refractivity contribution in [3.8, 4) is 16.9 Å². The van der Waals surface area contributed by atoms with Crippen LogP contribution in [0.2, 0.25) is 0 Å². The summed E-state index contributed by atoms with van der Waals surface area (Å²) in [5.41, 5.74) is 3.39. The van der Waals surface area contributed by atoms with Gasteiger partial charge in [-0.15, -0.1) is 0 Å². The Morgan fingerprint density at radius 2 is 1.74 bits per heavy atom. The molecule has 0 atom stereocenters. The van der Waals surface area contributed by atoms with E-state index in [9.17, 15) is 18.0 Å². The zero-order valence-corrected chi connectivity index (χ0v) is 18.7. The summed E-state index contributed by atoms with van der Waals surface area (Å²) in [5, 5.41) is 4.45. The van der Waals surface area contributed by atoms with Gasteiger partial charge in [-0.2, -0.15) is 18.3 Å². The molecule has 2 heterocycles. The van der Waals surface area contributed by atoms with E-state index in [4.69, 9.17) is 0 Å². The zero-order valence-electron chi connectivity index (χ0n) is 18.7. The van der Waals surface area contributed by atoms with E-state index >= 15 is 0 Å². The molecule has 1 aliphatic rings. The quantitative estimate of drug-likeness (QED) is 0.460. The molecule has 2 aromatic carbocycles. The third-order valence-corrected chi connectivity index (χ3v) is 5.74. The Balaban J connectivity index is 1.32. The van der Waals surface area contributed by atoms with Crippen LogP contribution in [0.3, 0.4) is 0 Å². The lowest BCUT2D eigenvalue weighted by molar-refractivity contribution is -0.174. The van der Waals surface area contributed by atoms with Crippen molar-refractivity contribution in [2.24, 2.45) is 0 Å².